The van der Waals surface area contributed by atoms with Gasteiger partial charge in [-0.3, -0.25) is 4.90 Å². The number of hydrogen-bond acceptors (Lipinski definition) is 3. The Morgan fingerprint density at radius 3 is 2.72 bits per heavy atom. The van der Waals surface area contributed by atoms with E-state index in [1.165, 1.54) is 18.4 Å². The van der Waals surface area contributed by atoms with Gasteiger partial charge in [-0.15, -0.1) is 0 Å². The van der Waals surface area contributed by atoms with Crippen LogP contribution in [0, 0.1) is 5.92 Å². The van der Waals surface area contributed by atoms with Crippen LogP contribution in [0.25, 0.3) is 0 Å². The Morgan fingerprint density at radius 1 is 1.39 bits per heavy atom. The quantitative estimate of drug-likeness (QED) is 0.881. The van der Waals surface area contributed by atoms with Gasteiger partial charge in [0.15, 0.2) is 0 Å². The highest BCUT2D eigenvalue weighted by Gasteiger charge is 2.18. The lowest BCUT2D eigenvalue weighted by Crippen LogP contribution is -2.36. The van der Waals surface area contributed by atoms with Crippen molar-refractivity contribution in [2.45, 2.75) is 19.4 Å². The zero-order valence-corrected chi connectivity index (χ0v) is 11.6. The van der Waals surface area contributed by atoms with E-state index in [4.69, 9.17) is 11.6 Å². The molecular weight excluding hydrogens is 248 g/mol. The first kappa shape index (κ1) is 13.7. The van der Waals surface area contributed by atoms with E-state index in [1.807, 2.05) is 19.2 Å². The van der Waals surface area contributed by atoms with E-state index in [9.17, 15) is 5.11 Å². The number of phenols is 1. The number of halogens is 1. The van der Waals surface area contributed by atoms with E-state index in [2.05, 4.69) is 10.2 Å². The monoisotopic (exact) mass is 268 g/mol. The van der Waals surface area contributed by atoms with Crippen LogP contribution in [-0.4, -0.2) is 36.7 Å². The highest BCUT2D eigenvalue weighted by atomic mass is 35.5. The third-order valence-corrected chi connectivity index (χ3v) is 3.92. The smallest absolute Gasteiger partial charge is 0.134 e. The molecular formula is C14H21ClN2O. The van der Waals surface area contributed by atoms with Crippen LogP contribution in [0.1, 0.15) is 18.4 Å². The third-order valence-electron chi connectivity index (χ3n) is 3.62. The SMILES string of the molecule is CNCC1CCN(Cc2ccc(O)c(Cl)c2)CC1. The molecule has 0 atom stereocenters. The van der Waals surface area contributed by atoms with E-state index >= 15 is 0 Å². The van der Waals surface area contributed by atoms with E-state index in [-0.39, 0.29) is 5.75 Å². The van der Waals surface area contributed by atoms with Crippen LogP contribution in [0.15, 0.2) is 18.2 Å². The van der Waals surface area contributed by atoms with Gasteiger partial charge in [-0.05, 0) is 63.1 Å². The highest BCUT2D eigenvalue weighted by Crippen LogP contribution is 2.25. The maximum Gasteiger partial charge on any atom is 0.134 e. The van der Waals surface area contributed by atoms with Gasteiger partial charge in [-0.1, -0.05) is 17.7 Å². The van der Waals surface area contributed by atoms with Gasteiger partial charge < -0.3 is 10.4 Å². The number of aromatic hydroxyl groups is 1. The largest absolute Gasteiger partial charge is 0.506 e. The molecule has 0 aliphatic carbocycles. The highest BCUT2D eigenvalue weighted by molar-refractivity contribution is 6.32. The van der Waals surface area contributed by atoms with Crippen molar-refractivity contribution in [3.63, 3.8) is 0 Å². The molecule has 100 valence electrons. The molecule has 0 radical (unpaired) electrons. The molecule has 1 fully saturated rings. The van der Waals surface area contributed by atoms with Crippen LogP contribution in [0.3, 0.4) is 0 Å². The summed E-state index contributed by atoms with van der Waals surface area (Å²) in [4.78, 5) is 2.45. The normalized spacial score (nSPS) is 18.1. The summed E-state index contributed by atoms with van der Waals surface area (Å²) in [6.07, 6.45) is 2.51. The summed E-state index contributed by atoms with van der Waals surface area (Å²) in [5.74, 6) is 0.975. The Labute approximate surface area is 114 Å². The summed E-state index contributed by atoms with van der Waals surface area (Å²) >= 11 is 5.92. The topological polar surface area (TPSA) is 35.5 Å². The number of phenolic OH excluding ortho intramolecular Hbond substituents is 1. The maximum atomic E-state index is 9.39. The van der Waals surface area contributed by atoms with Gasteiger partial charge in [-0.25, -0.2) is 0 Å². The fourth-order valence-electron chi connectivity index (χ4n) is 2.54. The molecule has 0 unspecified atom stereocenters. The van der Waals surface area contributed by atoms with Crippen LogP contribution in [0.4, 0.5) is 0 Å². The number of hydrogen-bond donors (Lipinski definition) is 2. The molecule has 1 heterocycles. The van der Waals surface area contributed by atoms with Crippen LogP contribution >= 0.6 is 11.6 Å². The van der Waals surface area contributed by atoms with Crippen molar-refractivity contribution >= 4 is 11.6 Å². The molecule has 2 rings (SSSR count). The number of piperidine rings is 1. The second-order valence-corrected chi connectivity index (χ2v) is 5.47. The first-order valence-electron chi connectivity index (χ1n) is 6.53. The maximum absolute atomic E-state index is 9.39. The molecule has 0 bridgehead atoms. The molecule has 1 aromatic carbocycles. The summed E-state index contributed by atoms with van der Waals surface area (Å²) in [5, 5.41) is 13.1. The second-order valence-electron chi connectivity index (χ2n) is 5.06. The van der Waals surface area contributed by atoms with Gasteiger partial charge in [0.25, 0.3) is 0 Å². The molecule has 18 heavy (non-hydrogen) atoms. The predicted molar refractivity (Wildman–Crippen MR) is 75.0 cm³/mol. The van der Waals surface area contributed by atoms with Crippen molar-refractivity contribution in [2.24, 2.45) is 5.92 Å². The zero-order valence-electron chi connectivity index (χ0n) is 10.8. The Kier molecular flexibility index (Phi) is 4.87. The Bertz CT molecular complexity index is 389. The second kappa shape index (κ2) is 6.41. The van der Waals surface area contributed by atoms with Crippen LogP contribution < -0.4 is 5.32 Å². The average Bonchev–Trinajstić information content (AvgIpc) is 2.37. The Morgan fingerprint density at radius 2 is 2.11 bits per heavy atom. The van der Waals surface area contributed by atoms with Gasteiger partial charge in [0.05, 0.1) is 5.02 Å². The van der Waals surface area contributed by atoms with Crippen molar-refractivity contribution in [3.05, 3.63) is 28.8 Å². The van der Waals surface area contributed by atoms with E-state index in [0.29, 0.717) is 5.02 Å². The van der Waals surface area contributed by atoms with Crippen molar-refractivity contribution in [1.82, 2.24) is 10.2 Å². The van der Waals surface area contributed by atoms with Crippen LogP contribution in [0.5, 0.6) is 5.75 Å². The number of likely N-dealkylation sites (tertiary alicyclic amines) is 1. The van der Waals surface area contributed by atoms with Crippen molar-refractivity contribution in [1.29, 1.82) is 0 Å². The van der Waals surface area contributed by atoms with Crippen LogP contribution in [0.2, 0.25) is 5.02 Å². The fourth-order valence-corrected chi connectivity index (χ4v) is 2.75. The lowest BCUT2D eigenvalue weighted by Gasteiger charge is -2.31. The summed E-state index contributed by atoms with van der Waals surface area (Å²) in [6, 6.07) is 5.48. The molecule has 3 nitrogen and oxygen atoms in total. The molecule has 1 aromatic rings. The molecule has 0 amide bonds. The predicted octanol–water partition coefficient (Wildman–Crippen LogP) is 2.48. The molecule has 2 N–H and O–H groups in total. The summed E-state index contributed by atoms with van der Waals surface area (Å²) in [5.41, 5.74) is 1.17. The number of benzene rings is 1. The first-order chi connectivity index (χ1) is 8.69. The molecule has 1 aliphatic rings. The van der Waals surface area contributed by atoms with Crippen LogP contribution in [-0.2, 0) is 6.54 Å². The lowest BCUT2D eigenvalue weighted by atomic mass is 9.96. The number of rotatable bonds is 4. The molecule has 0 aromatic heterocycles. The van der Waals surface area contributed by atoms with Gasteiger partial charge in [0.1, 0.15) is 5.75 Å². The molecule has 0 saturated carbocycles. The lowest BCUT2D eigenvalue weighted by molar-refractivity contribution is 0.177. The first-order valence-corrected chi connectivity index (χ1v) is 6.91. The van der Waals surface area contributed by atoms with E-state index in [0.717, 1.165) is 32.1 Å². The number of nitrogens with one attached hydrogen (secondary N) is 1. The van der Waals surface area contributed by atoms with Gasteiger partial charge in [-0.2, -0.15) is 0 Å². The van der Waals surface area contributed by atoms with Gasteiger partial charge in [0.2, 0.25) is 0 Å². The Balaban J connectivity index is 1.85. The summed E-state index contributed by atoms with van der Waals surface area (Å²) < 4.78 is 0. The fraction of sp³-hybridized carbons (Fsp3) is 0.571. The summed E-state index contributed by atoms with van der Waals surface area (Å²) in [6.45, 7) is 4.33. The minimum absolute atomic E-state index is 0.160. The molecule has 1 saturated heterocycles. The van der Waals surface area contributed by atoms with Gasteiger partial charge >= 0.3 is 0 Å². The van der Waals surface area contributed by atoms with E-state index < -0.39 is 0 Å². The zero-order chi connectivity index (χ0) is 13.0. The molecule has 0 spiro atoms. The minimum atomic E-state index is 0.160. The number of nitrogens with zero attached hydrogens (tertiary/aromatic N) is 1. The van der Waals surface area contributed by atoms with Crippen molar-refractivity contribution < 1.29 is 5.11 Å². The van der Waals surface area contributed by atoms with E-state index in [1.54, 1.807) is 6.07 Å². The van der Waals surface area contributed by atoms with Crippen molar-refractivity contribution in [2.75, 3.05) is 26.7 Å². The van der Waals surface area contributed by atoms with Crippen molar-refractivity contribution in [3.8, 4) is 5.75 Å². The Hall–Kier alpha value is -0.770. The molecule has 1 aliphatic heterocycles. The average molecular weight is 269 g/mol. The van der Waals surface area contributed by atoms with Gasteiger partial charge in [0, 0.05) is 6.54 Å². The molecule has 4 heteroatoms. The summed E-state index contributed by atoms with van der Waals surface area (Å²) in [7, 11) is 2.02. The minimum Gasteiger partial charge on any atom is -0.506 e. The third kappa shape index (κ3) is 3.61. The standard InChI is InChI=1S/C14H21ClN2O/c1-16-9-11-4-6-17(7-5-11)10-12-2-3-14(18)13(15)8-12/h2-3,8,11,16,18H,4-7,9-10H2,1H3.